The Morgan fingerprint density at radius 2 is 2.00 bits per heavy atom. The Kier molecular flexibility index (Phi) is 8.53. The molecule has 36 heavy (non-hydrogen) atoms. The van der Waals surface area contributed by atoms with Crippen molar-refractivity contribution in [2.24, 2.45) is 0 Å². The van der Waals surface area contributed by atoms with E-state index < -0.39 is 12.0 Å². The standard InChI is InChI=1S/C26H32N6O4/c27-21-6-1-2-8-23(21)32-18-19(9-10-24(32)25(33)34)22(7-4-12-31-13-15-36-16-14-31)30-26(35)29-20-5-3-11-28-17-20/h1-3,5-6,8-11,17-18,22,24H,4,7,12-16,27H2,(H,33,34)(H2,29,30,35). The molecule has 3 heterocycles. The van der Waals surface area contributed by atoms with Crippen LogP contribution >= 0.6 is 0 Å². The van der Waals surface area contributed by atoms with E-state index in [4.69, 9.17) is 10.5 Å². The maximum absolute atomic E-state index is 12.9. The van der Waals surface area contributed by atoms with Gasteiger partial charge in [-0.05, 0) is 49.2 Å². The Morgan fingerprint density at radius 3 is 2.72 bits per heavy atom. The minimum Gasteiger partial charge on any atom is -0.479 e. The first kappa shape index (κ1) is 25.2. The van der Waals surface area contributed by atoms with E-state index in [0.29, 0.717) is 23.5 Å². The summed E-state index contributed by atoms with van der Waals surface area (Å²) in [5.41, 5.74) is 8.62. The SMILES string of the molecule is Nc1ccccc1N1C=C(C(CCCN2CCOCC2)NC(=O)Nc2cccnc2)C=CC1C(=O)O. The lowest BCUT2D eigenvalue weighted by Gasteiger charge is -2.33. The van der Waals surface area contributed by atoms with E-state index in [9.17, 15) is 14.7 Å². The molecule has 2 aromatic rings. The zero-order valence-corrected chi connectivity index (χ0v) is 20.0. The number of amides is 2. The molecule has 10 heteroatoms. The number of hydrogen-bond acceptors (Lipinski definition) is 7. The van der Waals surface area contributed by atoms with Gasteiger partial charge in [0, 0.05) is 25.5 Å². The quantitative estimate of drug-likeness (QED) is 0.393. The molecule has 1 aromatic heterocycles. The number of nitrogens with zero attached hydrogens (tertiary/aromatic N) is 3. The first-order chi connectivity index (χ1) is 17.5. The van der Waals surface area contributed by atoms with Crippen molar-refractivity contribution in [2.75, 3.05) is 48.8 Å². The number of urea groups is 1. The molecule has 1 aromatic carbocycles. The van der Waals surface area contributed by atoms with Crippen LogP contribution < -0.4 is 21.3 Å². The second kappa shape index (κ2) is 12.2. The summed E-state index contributed by atoms with van der Waals surface area (Å²) in [7, 11) is 0. The number of aromatic nitrogens is 1. The van der Waals surface area contributed by atoms with E-state index in [1.54, 1.807) is 66.0 Å². The summed E-state index contributed by atoms with van der Waals surface area (Å²) < 4.78 is 5.43. The average Bonchev–Trinajstić information content (AvgIpc) is 2.89. The molecule has 2 atom stereocenters. The fourth-order valence-electron chi connectivity index (χ4n) is 4.36. The van der Waals surface area contributed by atoms with E-state index >= 15 is 0 Å². The van der Waals surface area contributed by atoms with Gasteiger partial charge >= 0.3 is 12.0 Å². The number of carboxylic acid groups (broad SMARTS) is 1. The van der Waals surface area contributed by atoms with Gasteiger partial charge in [-0.1, -0.05) is 24.3 Å². The van der Waals surface area contributed by atoms with Crippen molar-refractivity contribution >= 4 is 29.1 Å². The highest BCUT2D eigenvalue weighted by Crippen LogP contribution is 2.30. The van der Waals surface area contributed by atoms with Crippen molar-refractivity contribution in [1.29, 1.82) is 0 Å². The van der Waals surface area contributed by atoms with E-state index in [0.717, 1.165) is 44.8 Å². The van der Waals surface area contributed by atoms with Crippen molar-refractivity contribution in [2.45, 2.75) is 24.9 Å². The molecule has 190 valence electrons. The Labute approximate surface area is 210 Å². The van der Waals surface area contributed by atoms with Crippen LogP contribution in [0.2, 0.25) is 0 Å². The number of nitrogens with one attached hydrogen (secondary N) is 2. The van der Waals surface area contributed by atoms with E-state index in [1.807, 2.05) is 6.07 Å². The lowest BCUT2D eigenvalue weighted by molar-refractivity contribution is -0.137. The molecule has 2 amide bonds. The average molecular weight is 493 g/mol. The fourth-order valence-corrected chi connectivity index (χ4v) is 4.36. The highest BCUT2D eigenvalue weighted by molar-refractivity contribution is 5.90. The Hall–Kier alpha value is -3.89. The Bertz CT molecular complexity index is 1100. The molecule has 0 spiro atoms. The minimum absolute atomic E-state index is 0.346. The van der Waals surface area contributed by atoms with Gasteiger partial charge in [0.25, 0.3) is 0 Å². The van der Waals surface area contributed by atoms with Crippen LogP contribution in [0.5, 0.6) is 0 Å². The number of nitrogens with two attached hydrogens (primary N) is 1. The predicted molar refractivity (Wildman–Crippen MR) is 139 cm³/mol. The summed E-state index contributed by atoms with van der Waals surface area (Å²) in [5.74, 6) is -0.990. The molecule has 2 aliphatic heterocycles. The molecule has 4 rings (SSSR count). The van der Waals surface area contributed by atoms with Crippen LogP contribution in [-0.2, 0) is 9.53 Å². The number of morpholine rings is 1. The minimum atomic E-state index is -0.990. The number of para-hydroxylation sites is 2. The number of benzene rings is 1. The van der Waals surface area contributed by atoms with Crippen molar-refractivity contribution in [3.63, 3.8) is 0 Å². The topological polar surface area (TPSA) is 133 Å². The Balaban J connectivity index is 1.54. The van der Waals surface area contributed by atoms with Gasteiger partial charge in [0.05, 0.1) is 42.5 Å². The molecular weight excluding hydrogens is 460 g/mol. The zero-order chi connectivity index (χ0) is 25.3. The van der Waals surface area contributed by atoms with E-state index in [-0.39, 0.29) is 12.1 Å². The van der Waals surface area contributed by atoms with Crippen LogP contribution in [0.25, 0.3) is 0 Å². The number of carbonyl (C=O) groups is 2. The summed E-state index contributed by atoms with van der Waals surface area (Å²) in [6.45, 7) is 4.13. The normalized spacial score (nSPS) is 18.8. The van der Waals surface area contributed by atoms with Gasteiger partial charge in [-0.25, -0.2) is 9.59 Å². The number of rotatable bonds is 9. The number of aliphatic carboxylic acids is 1. The largest absolute Gasteiger partial charge is 0.479 e. The summed E-state index contributed by atoms with van der Waals surface area (Å²) in [4.78, 5) is 32.9. The van der Waals surface area contributed by atoms with Crippen LogP contribution in [0.1, 0.15) is 12.8 Å². The summed E-state index contributed by atoms with van der Waals surface area (Å²) in [6.07, 6.45) is 9.90. The maximum atomic E-state index is 12.9. The molecule has 2 aliphatic rings. The van der Waals surface area contributed by atoms with Crippen LogP contribution in [0, 0.1) is 0 Å². The first-order valence-electron chi connectivity index (χ1n) is 12.0. The third kappa shape index (κ3) is 6.61. The van der Waals surface area contributed by atoms with Crippen molar-refractivity contribution in [3.05, 3.63) is 72.7 Å². The number of hydrogen-bond donors (Lipinski definition) is 4. The van der Waals surface area contributed by atoms with Crippen molar-refractivity contribution in [3.8, 4) is 0 Å². The van der Waals surface area contributed by atoms with Gasteiger partial charge in [0.2, 0.25) is 0 Å². The number of carbonyl (C=O) groups excluding carboxylic acids is 1. The van der Waals surface area contributed by atoms with Crippen LogP contribution in [0.15, 0.2) is 72.7 Å². The van der Waals surface area contributed by atoms with Gasteiger partial charge < -0.3 is 31.1 Å². The molecule has 2 unspecified atom stereocenters. The Morgan fingerprint density at radius 1 is 1.19 bits per heavy atom. The summed E-state index contributed by atoms with van der Waals surface area (Å²) >= 11 is 0. The number of anilines is 3. The number of pyridine rings is 1. The second-order valence-electron chi connectivity index (χ2n) is 8.73. The summed E-state index contributed by atoms with van der Waals surface area (Å²) in [6, 6.07) is 9.03. The van der Waals surface area contributed by atoms with Crippen molar-refractivity contribution < 1.29 is 19.4 Å². The first-order valence-corrected chi connectivity index (χ1v) is 12.0. The monoisotopic (exact) mass is 492 g/mol. The highest BCUT2D eigenvalue weighted by Gasteiger charge is 2.29. The van der Waals surface area contributed by atoms with Crippen LogP contribution in [0.4, 0.5) is 21.9 Å². The van der Waals surface area contributed by atoms with Gasteiger partial charge in [0.1, 0.15) is 6.04 Å². The molecule has 0 aliphatic carbocycles. The molecule has 0 bridgehead atoms. The third-order valence-electron chi connectivity index (χ3n) is 6.22. The van der Waals surface area contributed by atoms with Crippen LogP contribution in [-0.4, -0.2) is 71.9 Å². The highest BCUT2D eigenvalue weighted by atomic mass is 16.5. The van der Waals surface area contributed by atoms with E-state index in [2.05, 4.69) is 20.5 Å². The number of carboxylic acids is 1. The predicted octanol–water partition coefficient (Wildman–Crippen LogP) is 2.68. The molecule has 1 saturated heterocycles. The fraction of sp³-hybridized carbons (Fsp3) is 0.346. The number of nitrogen functional groups attached to an aromatic ring is 1. The molecule has 1 fully saturated rings. The lowest BCUT2D eigenvalue weighted by atomic mass is 9.97. The molecule has 5 N–H and O–H groups in total. The van der Waals surface area contributed by atoms with Gasteiger partial charge in [-0.2, -0.15) is 0 Å². The van der Waals surface area contributed by atoms with Gasteiger partial charge in [-0.3, -0.25) is 9.88 Å². The number of ether oxygens (including phenoxy) is 1. The molecule has 10 nitrogen and oxygen atoms in total. The second-order valence-corrected chi connectivity index (χ2v) is 8.73. The van der Waals surface area contributed by atoms with Gasteiger partial charge in [-0.15, -0.1) is 0 Å². The molecule has 0 radical (unpaired) electrons. The maximum Gasteiger partial charge on any atom is 0.330 e. The third-order valence-corrected chi connectivity index (χ3v) is 6.22. The molecule has 0 saturated carbocycles. The van der Waals surface area contributed by atoms with Crippen molar-refractivity contribution in [1.82, 2.24) is 15.2 Å². The van der Waals surface area contributed by atoms with E-state index in [1.165, 1.54) is 0 Å². The van der Waals surface area contributed by atoms with Crippen LogP contribution in [0.3, 0.4) is 0 Å². The zero-order valence-electron chi connectivity index (χ0n) is 20.0. The van der Waals surface area contributed by atoms with Gasteiger partial charge in [0.15, 0.2) is 0 Å². The lowest BCUT2D eigenvalue weighted by Crippen LogP contribution is -2.44. The molecular formula is C26H32N6O4. The smallest absolute Gasteiger partial charge is 0.330 e. The summed E-state index contributed by atoms with van der Waals surface area (Å²) in [5, 5.41) is 15.7.